The van der Waals surface area contributed by atoms with Crippen molar-refractivity contribution in [3.05, 3.63) is 10.1 Å². The minimum atomic E-state index is -0.683. The van der Waals surface area contributed by atoms with Crippen LogP contribution in [0.15, 0.2) is 0 Å². The molecular formula is C9H16INO3. The average Bonchev–Trinajstić information content (AvgIpc) is 2.27. The Labute approximate surface area is 97.6 Å². The number of halogens is 1. The minimum Gasteiger partial charge on any atom is -0.313 e. The Balaban J connectivity index is 2.42. The van der Waals surface area contributed by atoms with Crippen LogP contribution in [-0.2, 0) is 4.84 Å². The van der Waals surface area contributed by atoms with Crippen LogP contribution >= 0.6 is 22.6 Å². The van der Waals surface area contributed by atoms with E-state index in [-0.39, 0.29) is 12.0 Å². The highest BCUT2D eigenvalue weighted by Gasteiger charge is 2.29. The van der Waals surface area contributed by atoms with E-state index in [4.69, 9.17) is 0 Å². The fourth-order valence-corrected chi connectivity index (χ4v) is 2.63. The van der Waals surface area contributed by atoms with Crippen LogP contribution in [0.5, 0.6) is 0 Å². The van der Waals surface area contributed by atoms with Crippen molar-refractivity contribution in [1.29, 1.82) is 0 Å². The third-order valence-corrected chi connectivity index (χ3v) is 4.12. The van der Waals surface area contributed by atoms with E-state index in [2.05, 4.69) is 34.4 Å². The Morgan fingerprint density at radius 1 is 1.57 bits per heavy atom. The first-order valence-electron chi connectivity index (χ1n) is 4.93. The molecule has 5 heteroatoms. The van der Waals surface area contributed by atoms with Crippen LogP contribution in [0, 0.1) is 15.5 Å². The summed E-state index contributed by atoms with van der Waals surface area (Å²) in [6, 6.07) is 0. The molecule has 2 unspecified atom stereocenters. The highest BCUT2D eigenvalue weighted by atomic mass is 127. The van der Waals surface area contributed by atoms with Gasteiger partial charge in [0.2, 0.25) is 0 Å². The van der Waals surface area contributed by atoms with E-state index in [0.29, 0.717) is 0 Å². The third-order valence-electron chi connectivity index (χ3n) is 2.88. The zero-order valence-corrected chi connectivity index (χ0v) is 10.5. The van der Waals surface area contributed by atoms with Crippen molar-refractivity contribution in [2.75, 3.05) is 6.61 Å². The summed E-state index contributed by atoms with van der Waals surface area (Å²) in [5, 5.41) is 9.43. The SMILES string of the molecule is CC1(CO[N+](=O)[O-])CCCC(I)CC1. The lowest BCUT2D eigenvalue weighted by molar-refractivity contribution is -0.761. The molecule has 1 fully saturated rings. The molecule has 0 saturated heterocycles. The van der Waals surface area contributed by atoms with Gasteiger partial charge in [0.15, 0.2) is 0 Å². The molecule has 4 nitrogen and oxygen atoms in total. The molecule has 0 amide bonds. The molecule has 0 spiro atoms. The maximum absolute atomic E-state index is 10.1. The molecule has 0 aliphatic heterocycles. The summed E-state index contributed by atoms with van der Waals surface area (Å²) in [4.78, 5) is 14.6. The van der Waals surface area contributed by atoms with Crippen molar-refractivity contribution in [3.8, 4) is 0 Å². The Morgan fingerprint density at radius 2 is 2.29 bits per heavy atom. The van der Waals surface area contributed by atoms with Gasteiger partial charge in [-0.25, -0.2) is 0 Å². The molecule has 0 N–H and O–H groups in total. The molecule has 1 rings (SSSR count). The first-order valence-corrected chi connectivity index (χ1v) is 6.18. The monoisotopic (exact) mass is 313 g/mol. The molecular weight excluding hydrogens is 297 g/mol. The van der Waals surface area contributed by atoms with Crippen molar-refractivity contribution in [1.82, 2.24) is 0 Å². The number of nitrogens with zero attached hydrogens (tertiary/aromatic N) is 1. The van der Waals surface area contributed by atoms with Gasteiger partial charge in [0.25, 0.3) is 5.09 Å². The molecule has 0 heterocycles. The second kappa shape index (κ2) is 5.14. The average molecular weight is 313 g/mol. The van der Waals surface area contributed by atoms with Gasteiger partial charge in [0.1, 0.15) is 6.61 Å². The summed E-state index contributed by atoms with van der Waals surface area (Å²) >= 11 is 2.47. The van der Waals surface area contributed by atoms with Gasteiger partial charge in [-0.05, 0) is 31.1 Å². The van der Waals surface area contributed by atoms with Gasteiger partial charge < -0.3 is 4.84 Å². The van der Waals surface area contributed by atoms with Crippen LogP contribution < -0.4 is 0 Å². The van der Waals surface area contributed by atoms with E-state index in [1.165, 1.54) is 6.42 Å². The quantitative estimate of drug-likeness (QED) is 0.265. The molecule has 1 saturated carbocycles. The van der Waals surface area contributed by atoms with Gasteiger partial charge in [-0.1, -0.05) is 35.9 Å². The van der Waals surface area contributed by atoms with Crippen LogP contribution in [0.1, 0.15) is 39.0 Å². The van der Waals surface area contributed by atoms with Crippen LogP contribution in [0.3, 0.4) is 0 Å². The molecule has 2 atom stereocenters. The van der Waals surface area contributed by atoms with E-state index in [1.807, 2.05) is 0 Å². The highest BCUT2D eigenvalue weighted by Crippen LogP contribution is 2.36. The number of hydrogen-bond donors (Lipinski definition) is 0. The molecule has 0 aromatic carbocycles. The summed E-state index contributed by atoms with van der Waals surface area (Å²) in [6.45, 7) is 2.34. The Bertz CT molecular complexity index is 212. The lowest BCUT2D eigenvalue weighted by Gasteiger charge is -2.26. The number of hydrogen-bond acceptors (Lipinski definition) is 3. The maximum Gasteiger partial charge on any atom is 0.294 e. The predicted molar refractivity (Wildman–Crippen MR) is 61.9 cm³/mol. The largest absolute Gasteiger partial charge is 0.313 e. The van der Waals surface area contributed by atoms with Crippen molar-refractivity contribution >= 4 is 22.6 Å². The molecule has 0 radical (unpaired) electrons. The van der Waals surface area contributed by atoms with Crippen molar-refractivity contribution in [2.45, 2.75) is 43.0 Å². The van der Waals surface area contributed by atoms with Crippen LogP contribution in [0.25, 0.3) is 0 Å². The smallest absolute Gasteiger partial charge is 0.294 e. The molecule has 14 heavy (non-hydrogen) atoms. The normalized spacial score (nSPS) is 33.4. The predicted octanol–water partition coefficient (Wildman–Crippen LogP) is 2.97. The van der Waals surface area contributed by atoms with Gasteiger partial charge in [-0.15, -0.1) is 10.1 Å². The van der Waals surface area contributed by atoms with Gasteiger partial charge in [0, 0.05) is 3.92 Å². The van der Waals surface area contributed by atoms with E-state index in [0.717, 1.165) is 29.6 Å². The van der Waals surface area contributed by atoms with E-state index in [9.17, 15) is 10.1 Å². The van der Waals surface area contributed by atoms with Crippen molar-refractivity contribution in [3.63, 3.8) is 0 Å². The lowest BCUT2D eigenvalue weighted by atomic mass is 9.84. The summed E-state index contributed by atoms with van der Waals surface area (Å²) in [6.07, 6.45) is 5.62. The maximum atomic E-state index is 10.1. The van der Waals surface area contributed by atoms with Gasteiger partial charge in [-0.3, -0.25) is 0 Å². The third kappa shape index (κ3) is 3.98. The lowest BCUT2D eigenvalue weighted by Crippen LogP contribution is -2.24. The van der Waals surface area contributed by atoms with Crippen LogP contribution in [0.2, 0.25) is 0 Å². The summed E-state index contributed by atoms with van der Waals surface area (Å²) < 4.78 is 0.727. The minimum absolute atomic E-state index is 0.00694. The van der Waals surface area contributed by atoms with Crippen LogP contribution in [0.4, 0.5) is 0 Å². The molecule has 0 bridgehead atoms. The summed E-state index contributed by atoms with van der Waals surface area (Å²) in [7, 11) is 0. The highest BCUT2D eigenvalue weighted by molar-refractivity contribution is 14.1. The fraction of sp³-hybridized carbons (Fsp3) is 1.00. The fourth-order valence-electron chi connectivity index (χ4n) is 1.88. The summed E-state index contributed by atoms with van der Waals surface area (Å²) in [5.74, 6) is 0. The zero-order chi connectivity index (χ0) is 10.6. The number of rotatable bonds is 3. The topological polar surface area (TPSA) is 52.4 Å². The molecule has 0 aromatic heterocycles. The second-order valence-electron chi connectivity index (χ2n) is 4.34. The van der Waals surface area contributed by atoms with Gasteiger partial charge in [0.05, 0.1) is 0 Å². The zero-order valence-electron chi connectivity index (χ0n) is 8.37. The van der Waals surface area contributed by atoms with E-state index in [1.54, 1.807) is 0 Å². The first kappa shape index (κ1) is 12.0. The van der Waals surface area contributed by atoms with Crippen molar-refractivity contribution in [2.24, 2.45) is 5.41 Å². The molecule has 0 aromatic rings. The Morgan fingerprint density at radius 3 is 2.93 bits per heavy atom. The van der Waals surface area contributed by atoms with Gasteiger partial charge in [-0.2, -0.15) is 0 Å². The Hall–Kier alpha value is -0.0700. The number of alkyl halides is 1. The van der Waals surface area contributed by atoms with Gasteiger partial charge >= 0.3 is 0 Å². The molecule has 1 aliphatic rings. The summed E-state index contributed by atoms with van der Waals surface area (Å²) in [5.41, 5.74) is 0.00694. The second-order valence-corrected chi connectivity index (χ2v) is 6.10. The Kier molecular flexibility index (Phi) is 4.40. The first-order chi connectivity index (χ1) is 6.52. The van der Waals surface area contributed by atoms with E-state index < -0.39 is 5.09 Å². The van der Waals surface area contributed by atoms with E-state index >= 15 is 0 Å². The van der Waals surface area contributed by atoms with Crippen LogP contribution in [-0.4, -0.2) is 15.6 Å². The molecule has 1 aliphatic carbocycles. The van der Waals surface area contributed by atoms with Crippen molar-refractivity contribution < 1.29 is 9.92 Å². The molecule has 82 valence electrons. The standard InChI is InChI=1S/C9H16INO3/c1-9(7-14-11(12)13)5-2-3-8(10)4-6-9/h8H,2-7H2,1H3.